The molecule has 0 aliphatic carbocycles. The van der Waals surface area contributed by atoms with Crippen molar-refractivity contribution in [2.45, 2.75) is 20.4 Å². The van der Waals surface area contributed by atoms with Gasteiger partial charge in [-0.2, -0.15) is 0 Å². The van der Waals surface area contributed by atoms with Gasteiger partial charge in [-0.1, -0.05) is 30.3 Å². The number of aromatic amines is 1. The highest BCUT2D eigenvalue weighted by atomic mass is 16.1. The number of aromatic nitrogens is 1. The van der Waals surface area contributed by atoms with Crippen molar-refractivity contribution in [1.29, 1.82) is 0 Å². The summed E-state index contributed by atoms with van der Waals surface area (Å²) in [5.41, 5.74) is 3.01. The van der Waals surface area contributed by atoms with Crippen LogP contribution in [0.2, 0.25) is 0 Å². The summed E-state index contributed by atoms with van der Waals surface area (Å²) in [4.78, 5) is 26.3. The highest BCUT2D eigenvalue weighted by molar-refractivity contribution is 5.73. The molecule has 98 valence electrons. The summed E-state index contributed by atoms with van der Waals surface area (Å²) in [7, 11) is 0. The fourth-order valence-corrected chi connectivity index (χ4v) is 1.96. The average Bonchev–Trinajstić information content (AvgIpc) is 2.37. The molecule has 0 fully saturated rings. The van der Waals surface area contributed by atoms with Crippen molar-refractivity contribution in [2.75, 3.05) is 0 Å². The van der Waals surface area contributed by atoms with Crippen molar-refractivity contribution in [3.05, 3.63) is 57.9 Å². The molecule has 0 radical (unpaired) electrons. The minimum Gasteiger partial charge on any atom is -0.358 e. The lowest BCUT2D eigenvalue weighted by molar-refractivity contribution is -0.119. The highest BCUT2D eigenvalue weighted by Crippen LogP contribution is 2.19. The van der Waals surface area contributed by atoms with Gasteiger partial charge in [0.15, 0.2) is 5.43 Å². The van der Waals surface area contributed by atoms with E-state index in [2.05, 4.69) is 10.3 Å². The molecule has 4 heteroatoms. The number of benzene rings is 1. The summed E-state index contributed by atoms with van der Waals surface area (Å²) >= 11 is 0. The highest BCUT2D eigenvalue weighted by Gasteiger charge is 2.10. The molecular weight excluding hydrogens is 240 g/mol. The molecule has 0 spiro atoms. The number of rotatable bonds is 3. The maximum atomic E-state index is 12.1. The average molecular weight is 256 g/mol. The first kappa shape index (κ1) is 13.1. The fourth-order valence-electron chi connectivity index (χ4n) is 1.96. The number of hydrogen-bond donors (Lipinski definition) is 2. The lowest BCUT2D eigenvalue weighted by Gasteiger charge is -2.11. The number of nitrogens with one attached hydrogen (secondary N) is 2. The van der Waals surface area contributed by atoms with Gasteiger partial charge in [0, 0.05) is 30.8 Å². The molecule has 1 aromatic carbocycles. The van der Waals surface area contributed by atoms with Gasteiger partial charge in [-0.15, -0.1) is 0 Å². The Balaban J connectivity index is 2.52. The molecule has 0 unspecified atom stereocenters. The number of aryl methyl sites for hydroxylation is 1. The van der Waals surface area contributed by atoms with Crippen molar-refractivity contribution in [3.63, 3.8) is 0 Å². The standard InChI is InChI=1S/C15H16N2O2/c1-10-8-14(19)13(9-16-11(2)18)15(17-10)12-6-4-3-5-7-12/h3-8H,9H2,1-2H3,(H,16,18)(H,17,19). The zero-order valence-electron chi connectivity index (χ0n) is 11.0. The van der Waals surface area contributed by atoms with Crippen LogP contribution in [0.1, 0.15) is 18.2 Å². The molecule has 0 saturated heterocycles. The van der Waals surface area contributed by atoms with Crippen LogP contribution in [0.15, 0.2) is 41.2 Å². The van der Waals surface area contributed by atoms with E-state index in [9.17, 15) is 9.59 Å². The minimum absolute atomic E-state index is 0.0659. The first-order valence-electron chi connectivity index (χ1n) is 6.10. The summed E-state index contributed by atoms with van der Waals surface area (Å²) in [5.74, 6) is -0.154. The quantitative estimate of drug-likeness (QED) is 0.882. The predicted molar refractivity (Wildman–Crippen MR) is 74.8 cm³/mol. The van der Waals surface area contributed by atoms with Gasteiger partial charge in [-0.3, -0.25) is 9.59 Å². The van der Waals surface area contributed by atoms with Crippen molar-refractivity contribution < 1.29 is 4.79 Å². The SMILES string of the molecule is CC(=O)NCc1c(-c2ccccc2)[nH]c(C)cc1=O. The van der Waals surface area contributed by atoms with E-state index in [1.807, 2.05) is 37.3 Å². The molecule has 4 nitrogen and oxygen atoms in total. The van der Waals surface area contributed by atoms with Crippen LogP contribution in [-0.2, 0) is 11.3 Å². The molecule has 19 heavy (non-hydrogen) atoms. The summed E-state index contributed by atoms with van der Waals surface area (Å²) in [5, 5.41) is 2.67. The second-order valence-corrected chi connectivity index (χ2v) is 4.45. The molecule has 2 N–H and O–H groups in total. The number of carbonyl (C=O) groups is 1. The fraction of sp³-hybridized carbons (Fsp3) is 0.200. The van der Waals surface area contributed by atoms with E-state index in [1.54, 1.807) is 6.07 Å². The molecule has 0 atom stereocenters. The zero-order chi connectivity index (χ0) is 13.8. The number of hydrogen-bond acceptors (Lipinski definition) is 2. The van der Waals surface area contributed by atoms with Crippen LogP contribution in [0.3, 0.4) is 0 Å². The van der Waals surface area contributed by atoms with Gasteiger partial charge in [0.05, 0.1) is 5.69 Å². The van der Waals surface area contributed by atoms with Gasteiger partial charge in [0.25, 0.3) is 0 Å². The van der Waals surface area contributed by atoms with Crippen molar-refractivity contribution in [1.82, 2.24) is 10.3 Å². The van der Waals surface area contributed by atoms with Gasteiger partial charge in [-0.05, 0) is 12.5 Å². The van der Waals surface area contributed by atoms with Crippen LogP contribution in [0, 0.1) is 6.92 Å². The second-order valence-electron chi connectivity index (χ2n) is 4.45. The van der Waals surface area contributed by atoms with Gasteiger partial charge in [-0.25, -0.2) is 0 Å². The minimum atomic E-state index is -0.154. The molecular formula is C15H16N2O2. The number of amides is 1. The Hall–Kier alpha value is -2.36. The van der Waals surface area contributed by atoms with Crippen molar-refractivity contribution >= 4 is 5.91 Å². The van der Waals surface area contributed by atoms with Gasteiger partial charge < -0.3 is 10.3 Å². The molecule has 1 heterocycles. The summed E-state index contributed by atoms with van der Waals surface area (Å²) < 4.78 is 0. The maximum Gasteiger partial charge on any atom is 0.217 e. The lowest BCUT2D eigenvalue weighted by atomic mass is 10.0. The van der Waals surface area contributed by atoms with Crippen LogP contribution in [-0.4, -0.2) is 10.9 Å². The lowest BCUT2D eigenvalue weighted by Crippen LogP contribution is -2.24. The number of carbonyl (C=O) groups excluding carboxylic acids is 1. The van der Waals surface area contributed by atoms with Crippen LogP contribution in [0.4, 0.5) is 0 Å². The van der Waals surface area contributed by atoms with Crippen LogP contribution in [0.25, 0.3) is 11.3 Å². The molecule has 0 bridgehead atoms. The van der Waals surface area contributed by atoms with E-state index in [1.165, 1.54) is 6.92 Å². The van der Waals surface area contributed by atoms with E-state index in [0.29, 0.717) is 5.56 Å². The van der Waals surface area contributed by atoms with Crippen LogP contribution in [0.5, 0.6) is 0 Å². The van der Waals surface area contributed by atoms with E-state index in [0.717, 1.165) is 17.0 Å². The van der Waals surface area contributed by atoms with Crippen LogP contribution < -0.4 is 10.7 Å². The van der Waals surface area contributed by atoms with E-state index in [-0.39, 0.29) is 17.9 Å². The van der Waals surface area contributed by atoms with Crippen molar-refractivity contribution in [2.24, 2.45) is 0 Å². The zero-order valence-corrected chi connectivity index (χ0v) is 11.0. The molecule has 2 aromatic rings. The molecule has 0 saturated carbocycles. The Morgan fingerprint density at radius 2 is 1.95 bits per heavy atom. The Morgan fingerprint density at radius 1 is 1.26 bits per heavy atom. The second kappa shape index (κ2) is 5.52. The van der Waals surface area contributed by atoms with E-state index in [4.69, 9.17) is 0 Å². The third kappa shape index (κ3) is 3.10. The Labute approximate surface area is 111 Å². The first-order chi connectivity index (χ1) is 9.08. The monoisotopic (exact) mass is 256 g/mol. The van der Waals surface area contributed by atoms with E-state index < -0.39 is 0 Å². The van der Waals surface area contributed by atoms with Gasteiger partial charge in [0.2, 0.25) is 5.91 Å². The van der Waals surface area contributed by atoms with E-state index >= 15 is 0 Å². The molecule has 1 aromatic heterocycles. The van der Waals surface area contributed by atoms with Gasteiger partial charge >= 0.3 is 0 Å². The molecule has 0 aliphatic heterocycles. The Bertz CT molecular complexity index is 645. The number of H-pyrrole nitrogens is 1. The largest absolute Gasteiger partial charge is 0.358 e. The Kier molecular flexibility index (Phi) is 3.80. The molecule has 1 amide bonds. The topological polar surface area (TPSA) is 62.0 Å². The Morgan fingerprint density at radius 3 is 2.58 bits per heavy atom. The van der Waals surface area contributed by atoms with Gasteiger partial charge in [0.1, 0.15) is 0 Å². The summed E-state index contributed by atoms with van der Waals surface area (Å²) in [6, 6.07) is 11.2. The third-order valence-electron chi connectivity index (χ3n) is 2.85. The first-order valence-corrected chi connectivity index (χ1v) is 6.10. The summed E-state index contributed by atoms with van der Waals surface area (Å²) in [6.07, 6.45) is 0. The predicted octanol–water partition coefficient (Wildman–Crippen LogP) is 1.99. The molecule has 0 aliphatic rings. The smallest absolute Gasteiger partial charge is 0.217 e. The summed E-state index contributed by atoms with van der Waals surface area (Å²) in [6.45, 7) is 3.51. The normalized spacial score (nSPS) is 10.2. The third-order valence-corrected chi connectivity index (χ3v) is 2.85. The molecule has 2 rings (SSSR count). The van der Waals surface area contributed by atoms with Crippen LogP contribution >= 0.6 is 0 Å². The van der Waals surface area contributed by atoms with Crippen molar-refractivity contribution in [3.8, 4) is 11.3 Å². The number of pyridine rings is 1. The maximum absolute atomic E-state index is 12.1.